The van der Waals surface area contributed by atoms with Crippen molar-refractivity contribution in [1.82, 2.24) is 5.48 Å². The predicted octanol–water partition coefficient (Wildman–Crippen LogP) is 1.50. The van der Waals surface area contributed by atoms with Gasteiger partial charge in [-0.1, -0.05) is 30.3 Å². The Morgan fingerprint density at radius 1 is 1.30 bits per heavy atom. The smallest absolute Gasteiger partial charge is 0.328 e. The van der Waals surface area contributed by atoms with E-state index in [2.05, 4.69) is 10.2 Å². The van der Waals surface area contributed by atoms with E-state index in [-0.39, 0.29) is 19.4 Å². The fourth-order valence-electron chi connectivity index (χ4n) is 1.63. The Labute approximate surface area is 117 Å². The van der Waals surface area contributed by atoms with Gasteiger partial charge < -0.3 is 9.84 Å². The Bertz CT molecular complexity index is 448. The number of nitrogens with one attached hydrogen (secondary N) is 1. The normalized spacial score (nSPS) is 13.5. The molecular formula is C14H19NO5. The van der Waals surface area contributed by atoms with Crippen LogP contribution in [0.4, 0.5) is 0 Å². The number of esters is 1. The third kappa shape index (κ3) is 4.99. The average molecular weight is 281 g/mol. The van der Waals surface area contributed by atoms with Gasteiger partial charge >= 0.3 is 11.9 Å². The summed E-state index contributed by atoms with van der Waals surface area (Å²) in [6.07, 6.45) is -0.0862. The number of ether oxygens (including phenoxy) is 1. The van der Waals surface area contributed by atoms with E-state index in [0.29, 0.717) is 0 Å². The summed E-state index contributed by atoms with van der Waals surface area (Å²) < 4.78 is 4.68. The first-order chi connectivity index (χ1) is 9.48. The first-order valence-electron chi connectivity index (χ1n) is 6.21. The molecule has 0 amide bonds. The first kappa shape index (κ1) is 16.1. The highest BCUT2D eigenvalue weighted by molar-refractivity contribution is 5.81. The molecule has 110 valence electrons. The van der Waals surface area contributed by atoms with Crippen molar-refractivity contribution < 1.29 is 24.3 Å². The van der Waals surface area contributed by atoms with Gasteiger partial charge in [0.15, 0.2) is 0 Å². The number of carboxylic acids is 1. The lowest BCUT2D eigenvalue weighted by atomic mass is 9.97. The Kier molecular flexibility index (Phi) is 6.14. The molecule has 0 fully saturated rings. The molecule has 1 aromatic carbocycles. The van der Waals surface area contributed by atoms with Gasteiger partial charge in [0, 0.05) is 6.42 Å². The van der Waals surface area contributed by atoms with Crippen molar-refractivity contribution in [2.45, 2.75) is 31.9 Å². The first-order valence-corrected chi connectivity index (χ1v) is 6.21. The molecule has 6 nitrogen and oxygen atoms in total. The van der Waals surface area contributed by atoms with E-state index in [9.17, 15) is 9.59 Å². The molecule has 0 aliphatic carbocycles. The monoisotopic (exact) mass is 281 g/mol. The van der Waals surface area contributed by atoms with Gasteiger partial charge in [0.05, 0.1) is 13.7 Å². The van der Waals surface area contributed by atoms with E-state index in [1.807, 2.05) is 30.3 Å². The summed E-state index contributed by atoms with van der Waals surface area (Å²) >= 11 is 0. The number of carboxylic acid groups (broad SMARTS) is 1. The van der Waals surface area contributed by atoms with E-state index in [1.165, 1.54) is 7.11 Å². The average Bonchev–Trinajstić information content (AvgIpc) is 2.45. The minimum absolute atomic E-state index is 0.0732. The number of aliphatic carboxylic acids is 1. The fourth-order valence-corrected chi connectivity index (χ4v) is 1.63. The molecule has 0 aromatic heterocycles. The third-order valence-corrected chi connectivity index (χ3v) is 2.85. The number of carbonyl (C=O) groups excluding carboxylic acids is 1. The molecule has 1 unspecified atom stereocenters. The van der Waals surface area contributed by atoms with Gasteiger partial charge in [-0.2, -0.15) is 5.48 Å². The topological polar surface area (TPSA) is 84.9 Å². The minimum Gasteiger partial charge on any atom is -0.481 e. The van der Waals surface area contributed by atoms with Gasteiger partial charge in [0.1, 0.15) is 5.54 Å². The SMILES string of the molecule is COC(=O)C(C)(CCC(=O)O)NOCc1ccccc1. The van der Waals surface area contributed by atoms with Crippen LogP contribution >= 0.6 is 0 Å². The van der Waals surface area contributed by atoms with Crippen molar-refractivity contribution >= 4 is 11.9 Å². The lowest BCUT2D eigenvalue weighted by Crippen LogP contribution is -2.50. The van der Waals surface area contributed by atoms with Crippen LogP contribution in [0, 0.1) is 0 Å². The molecule has 0 saturated carbocycles. The Morgan fingerprint density at radius 2 is 1.95 bits per heavy atom. The number of rotatable bonds is 8. The second-order valence-electron chi connectivity index (χ2n) is 4.59. The molecular weight excluding hydrogens is 262 g/mol. The van der Waals surface area contributed by atoms with Crippen molar-refractivity contribution in [3.8, 4) is 0 Å². The molecule has 6 heteroatoms. The molecule has 0 saturated heterocycles. The molecule has 1 atom stereocenters. The van der Waals surface area contributed by atoms with Crippen LogP contribution in [0.25, 0.3) is 0 Å². The molecule has 0 aliphatic heterocycles. The van der Waals surface area contributed by atoms with Crippen molar-refractivity contribution in [3.05, 3.63) is 35.9 Å². The molecule has 1 aromatic rings. The minimum atomic E-state index is -1.19. The van der Waals surface area contributed by atoms with E-state index >= 15 is 0 Å². The van der Waals surface area contributed by atoms with Gasteiger partial charge in [-0.05, 0) is 18.9 Å². The molecule has 1 rings (SSSR count). The summed E-state index contributed by atoms with van der Waals surface area (Å²) in [6.45, 7) is 1.81. The maximum atomic E-state index is 11.7. The highest BCUT2D eigenvalue weighted by atomic mass is 16.7. The lowest BCUT2D eigenvalue weighted by molar-refractivity contribution is -0.157. The number of methoxy groups -OCH3 is 1. The second kappa shape index (κ2) is 7.62. The van der Waals surface area contributed by atoms with Gasteiger partial charge in [-0.3, -0.25) is 9.63 Å². The van der Waals surface area contributed by atoms with Gasteiger partial charge in [-0.15, -0.1) is 0 Å². The maximum Gasteiger partial charge on any atom is 0.328 e. The molecule has 0 spiro atoms. The van der Waals surface area contributed by atoms with Crippen molar-refractivity contribution in [2.75, 3.05) is 7.11 Å². The van der Waals surface area contributed by atoms with Crippen molar-refractivity contribution in [1.29, 1.82) is 0 Å². The summed E-state index contributed by atoms with van der Waals surface area (Å²) in [6, 6.07) is 9.41. The van der Waals surface area contributed by atoms with E-state index < -0.39 is 17.5 Å². The van der Waals surface area contributed by atoms with Crippen LogP contribution in [-0.2, 0) is 25.8 Å². The van der Waals surface area contributed by atoms with Crippen LogP contribution in [-0.4, -0.2) is 29.7 Å². The van der Waals surface area contributed by atoms with Crippen LogP contribution in [0.15, 0.2) is 30.3 Å². The fraction of sp³-hybridized carbons (Fsp3) is 0.429. The Morgan fingerprint density at radius 3 is 2.50 bits per heavy atom. The summed E-state index contributed by atoms with van der Waals surface area (Å²) in [5.41, 5.74) is 2.36. The number of hydrogen-bond acceptors (Lipinski definition) is 5. The highest BCUT2D eigenvalue weighted by Crippen LogP contribution is 2.15. The van der Waals surface area contributed by atoms with Crippen LogP contribution < -0.4 is 5.48 Å². The molecule has 0 bridgehead atoms. The predicted molar refractivity (Wildman–Crippen MR) is 71.7 cm³/mol. The number of hydroxylamine groups is 1. The van der Waals surface area contributed by atoms with Gasteiger partial charge in [0.25, 0.3) is 0 Å². The highest BCUT2D eigenvalue weighted by Gasteiger charge is 2.35. The van der Waals surface area contributed by atoms with Crippen LogP contribution in [0.5, 0.6) is 0 Å². The zero-order valence-electron chi connectivity index (χ0n) is 11.6. The second-order valence-corrected chi connectivity index (χ2v) is 4.59. The summed E-state index contributed by atoms with van der Waals surface area (Å²) in [4.78, 5) is 27.7. The Balaban J connectivity index is 2.56. The summed E-state index contributed by atoms with van der Waals surface area (Å²) in [7, 11) is 1.25. The third-order valence-electron chi connectivity index (χ3n) is 2.85. The van der Waals surface area contributed by atoms with Crippen LogP contribution in [0.3, 0.4) is 0 Å². The molecule has 0 aliphatic rings. The zero-order chi connectivity index (χ0) is 15.0. The molecule has 0 heterocycles. The molecule has 20 heavy (non-hydrogen) atoms. The summed E-state index contributed by atoms with van der Waals surface area (Å²) in [5.74, 6) is -1.54. The molecule has 0 radical (unpaired) electrons. The van der Waals surface area contributed by atoms with E-state index in [0.717, 1.165) is 5.56 Å². The van der Waals surface area contributed by atoms with E-state index in [4.69, 9.17) is 9.94 Å². The number of hydrogen-bond donors (Lipinski definition) is 2. The Hall–Kier alpha value is -1.92. The number of carbonyl (C=O) groups is 2. The standard InChI is InChI=1S/C14H19NO5/c1-14(13(18)19-2,9-8-12(16)17)15-20-10-11-6-4-3-5-7-11/h3-7,15H,8-10H2,1-2H3,(H,16,17). The maximum absolute atomic E-state index is 11.7. The van der Waals surface area contributed by atoms with Crippen molar-refractivity contribution in [2.24, 2.45) is 0 Å². The van der Waals surface area contributed by atoms with Gasteiger partial charge in [-0.25, -0.2) is 4.79 Å². The van der Waals surface area contributed by atoms with E-state index in [1.54, 1.807) is 6.92 Å². The quantitative estimate of drug-likeness (QED) is 0.555. The zero-order valence-corrected chi connectivity index (χ0v) is 11.6. The number of benzene rings is 1. The van der Waals surface area contributed by atoms with Crippen LogP contribution in [0.2, 0.25) is 0 Å². The summed E-state index contributed by atoms with van der Waals surface area (Å²) in [5, 5.41) is 8.71. The van der Waals surface area contributed by atoms with Gasteiger partial charge in [0.2, 0.25) is 0 Å². The lowest BCUT2D eigenvalue weighted by Gasteiger charge is -2.26. The molecule has 2 N–H and O–H groups in total. The largest absolute Gasteiger partial charge is 0.481 e. The van der Waals surface area contributed by atoms with Crippen LogP contribution in [0.1, 0.15) is 25.3 Å². The van der Waals surface area contributed by atoms with Crippen molar-refractivity contribution in [3.63, 3.8) is 0 Å².